The zero-order valence-corrected chi connectivity index (χ0v) is 60.4. The number of hydrogen-bond acceptors (Lipinski definition) is 8. The first-order chi connectivity index (χ1) is 43.0. The van der Waals surface area contributed by atoms with Crippen molar-refractivity contribution in [1.82, 2.24) is 0 Å². The van der Waals surface area contributed by atoms with Gasteiger partial charge in [-0.15, -0.1) is 0 Å². The van der Waals surface area contributed by atoms with E-state index in [1.165, 1.54) is 315 Å². The van der Waals surface area contributed by atoms with E-state index in [-0.39, 0.29) is 32.0 Å². The minimum atomic E-state index is -4.64. The minimum Gasteiger partial charge on any atom is -0.756 e. The SMILES string of the molecule is CCCCCCC/C=C\C/C=C\C/C=C\CCCCCCCCCCCCCCCCCCC(=O)OC(COC(=O)CCCCCCCCCCCCCCCCCCCCCCCCCCCCCCCCCCC)COP(=O)([O-])OCC[N+](C)(C)C. The monoisotopic (exact) mass is 1260 g/mol. The molecule has 520 valence electrons. The van der Waals surface area contributed by atoms with E-state index in [0.29, 0.717) is 17.4 Å². The van der Waals surface area contributed by atoms with Crippen LogP contribution in [0.15, 0.2) is 36.5 Å². The van der Waals surface area contributed by atoms with Crippen molar-refractivity contribution in [3.8, 4) is 0 Å². The maximum absolute atomic E-state index is 12.9. The van der Waals surface area contributed by atoms with Gasteiger partial charge in [0, 0.05) is 12.8 Å². The first kappa shape index (κ1) is 86.2. The summed E-state index contributed by atoms with van der Waals surface area (Å²) >= 11 is 0. The Morgan fingerprint density at radius 2 is 0.614 bits per heavy atom. The van der Waals surface area contributed by atoms with Crippen molar-refractivity contribution < 1.29 is 42.1 Å². The molecule has 9 nitrogen and oxygen atoms in total. The molecule has 0 aliphatic rings. The van der Waals surface area contributed by atoms with Crippen molar-refractivity contribution in [1.29, 1.82) is 0 Å². The predicted octanol–water partition coefficient (Wildman–Crippen LogP) is 24.8. The molecule has 0 N–H and O–H groups in total. The Morgan fingerprint density at radius 1 is 0.352 bits per heavy atom. The van der Waals surface area contributed by atoms with E-state index in [2.05, 4.69) is 50.3 Å². The van der Waals surface area contributed by atoms with Crippen molar-refractivity contribution in [3.05, 3.63) is 36.5 Å². The quantitative estimate of drug-likeness (QED) is 0.0195. The van der Waals surface area contributed by atoms with Gasteiger partial charge in [0.25, 0.3) is 7.82 Å². The van der Waals surface area contributed by atoms with Crippen LogP contribution in [0, 0.1) is 0 Å². The number of carbonyl (C=O) groups excluding carboxylic acids is 2. The van der Waals surface area contributed by atoms with Gasteiger partial charge < -0.3 is 27.9 Å². The van der Waals surface area contributed by atoms with Crippen molar-refractivity contribution >= 4 is 19.8 Å². The molecule has 0 aromatic carbocycles. The second-order valence-corrected chi connectivity index (χ2v) is 29.1. The zero-order valence-electron chi connectivity index (χ0n) is 59.5. The van der Waals surface area contributed by atoms with Crippen molar-refractivity contribution in [2.45, 2.75) is 405 Å². The molecule has 0 amide bonds. The summed E-state index contributed by atoms with van der Waals surface area (Å²) in [6.07, 6.45) is 89.7. The molecule has 0 aliphatic heterocycles. The van der Waals surface area contributed by atoms with E-state index in [1.54, 1.807) is 0 Å². The smallest absolute Gasteiger partial charge is 0.306 e. The van der Waals surface area contributed by atoms with Gasteiger partial charge in [0.15, 0.2) is 6.10 Å². The molecule has 0 spiro atoms. The molecule has 88 heavy (non-hydrogen) atoms. The topological polar surface area (TPSA) is 111 Å². The zero-order chi connectivity index (χ0) is 64.1. The van der Waals surface area contributed by atoms with Gasteiger partial charge in [-0.3, -0.25) is 14.2 Å². The molecule has 0 aliphatic carbocycles. The summed E-state index contributed by atoms with van der Waals surface area (Å²) in [5.74, 6) is -0.810. The van der Waals surface area contributed by atoms with Gasteiger partial charge in [-0.2, -0.15) is 0 Å². The van der Waals surface area contributed by atoms with Crippen LogP contribution < -0.4 is 4.89 Å². The highest BCUT2D eigenvalue weighted by Crippen LogP contribution is 2.38. The fraction of sp³-hybridized carbons (Fsp3) is 0.897. The Bertz CT molecular complexity index is 1580. The molecule has 0 rings (SSSR count). The lowest BCUT2D eigenvalue weighted by Gasteiger charge is -2.28. The van der Waals surface area contributed by atoms with Crippen LogP contribution in [0.3, 0.4) is 0 Å². The van der Waals surface area contributed by atoms with E-state index in [9.17, 15) is 19.0 Å². The van der Waals surface area contributed by atoms with Crippen molar-refractivity contribution in [3.63, 3.8) is 0 Å². The molecule has 0 heterocycles. The summed E-state index contributed by atoms with van der Waals surface area (Å²) in [6, 6.07) is 0. The maximum atomic E-state index is 12.9. The minimum absolute atomic E-state index is 0.0279. The van der Waals surface area contributed by atoms with Gasteiger partial charge in [-0.05, 0) is 51.4 Å². The Hall–Kier alpha value is -1.77. The number of carbonyl (C=O) groups is 2. The van der Waals surface area contributed by atoms with Gasteiger partial charge >= 0.3 is 11.9 Å². The fourth-order valence-electron chi connectivity index (χ4n) is 11.7. The Morgan fingerprint density at radius 3 is 0.909 bits per heavy atom. The number of nitrogens with zero attached hydrogens (tertiary/aromatic N) is 1. The van der Waals surface area contributed by atoms with Crippen LogP contribution in [0.5, 0.6) is 0 Å². The first-order valence-corrected chi connectivity index (χ1v) is 40.2. The second kappa shape index (κ2) is 69.6. The van der Waals surface area contributed by atoms with Crippen LogP contribution in [0.2, 0.25) is 0 Å². The number of hydrogen-bond donors (Lipinski definition) is 0. The van der Waals surface area contributed by atoms with Crippen LogP contribution in [0.1, 0.15) is 399 Å². The summed E-state index contributed by atoms with van der Waals surface area (Å²) < 4.78 is 34.4. The summed E-state index contributed by atoms with van der Waals surface area (Å²) in [5.41, 5.74) is 0. The number of quaternary nitrogens is 1. The highest BCUT2D eigenvalue weighted by Gasteiger charge is 2.22. The number of allylic oxidation sites excluding steroid dienone is 6. The predicted molar refractivity (Wildman–Crippen MR) is 379 cm³/mol. The average molecular weight is 1260 g/mol. The number of esters is 2. The van der Waals surface area contributed by atoms with Crippen LogP contribution >= 0.6 is 7.82 Å². The summed E-state index contributed by atoms with van der Waals surface area (Å²) in [5, 5.41) is 0. The standard InChI is InChI=1S/C78H150NO8P/c1-6-8-10-12-14-16-18-20-22-24-26-28-30-32-34-36-38-39-41-42-44-46-48-50-52-54-56-58-60-62-64-66-68-70-77(80)84-74-76(75-86-88(82,83)85-73-72-79(3,4)5)87-78(81)71-69-67-65-63-61-59-57-55-53-51-49-47-45-43-40-37-35-33-31-29-27-25-23-21-19-17-15-13-11-9-7-2/h19,21,25,27,31,33,76H,6-18,20,22-24,26,28-30,32,34-75H2,1-5H3/b21-19-,27-25-,33-31-. The molecule has 0 aromatic heterocycles. The average Bonchev–Trinajstić information content (AvgIpc) is 3.68. The third-order valence-corrected chi connectivity index (χ3v) is 18.6. The van der Waals surface area contributed by atoms with Crippen LogP contribution in [-0.4, -0.2) is 70.0 Å². The van der Waals surface area contributed by atoms with E-state index in [1.807, 2.05) is 21.1 Å². The van der Waals surface area contributed by atoms with Gasteiger partial charge in [0.05, 0.1) is 27.7 Å². The molecule has 2 atom stereocenters. The molecular formula is C78H150NO8P. The highest BCUT2D eigenvalue weighted by atomic mass is 31.2. The number of likely N-dealkylation sites (N-methyl/N-ethyl adjacent to an activating group) is 1. The van der Waals surface area contributed by atoms with Gasteiger partial charge in [0.1, 0.15) is 19.8 Å². The van der Waals surface area contributed by atoms with E-state index in [4.69, 9.17) is 18.5 Å². The Balaban J connectivity index is 3.94. The van der Waals surface area contributed by atoms with Crippen LogP contribution in [0.4, 0.5) is 0 Å². The number of phosphoric acid groups is 1. The van der Waals surface area contributed by atoms with Gasteiger partial charge in [-0.1, -0.05) is 371 Å². The fourth-order valence-corrected chi connectivity index (χ4v) is 12.5. The summed E-state index contributed by atoms with van der Waals surface area (Å²) in [6.45, 7) is 4.31. The lowest BCUT2D eigenvalue weighted by atomic mass is 10.0. The van der Waals surface area contributed by atoms with Gasteiger partial charge in [-0.25, -0.2) is 0 Å². The first-order valence-electron chi connectivity index (χ1n) is 38.7. The molecule has 0 bridgehead atoms. The summed E-state index contributed by atoms with van der Waals surface area (Å²) in [4.78, 5) is 38.1. The molecular weight excluding hydrogens is 1110 g/mol. The highest BCUT2D eigenvalue weighted by molar-refractivity contribution is 7.45. The molecule has 0 saturated heterocycles. The Labute approximate surface area is 548 Å². The van der Waals surface area contributed by atoms with E-state index < -0.39 is 26.5 Å². The van der Waals surface area contributed by atoms with E-state index >= 15 is 0 Å². The third kappa shape index (κ3) is 73.3. The molecule has 0 fully saturated rings. The molecule has 10 heteroatoms. The number of unbranched alkanes of at least 4 members (excludes halogenated alkanes) is 53. The maximum Gasteiger partial charge on any atom is 0.306 e. The summed E-state index contributed by atoms with van der Waals surface area (Å²) in [7, 11) is 1.19. The van der Waals surface area contributed by atoms with Crippen LogP contribution in [-0.2, 0) is 32.7 Å². The van der Waals surface area contributed by atoms with Crippen molar-refractivity contribution in [2.75, 3.05) is 47.5 Å². The Kier molecular flexibility index (Phi) is 68.2. The number of phosphoric ester groups is 1. The van der Waals surface area contributed by atoms with Crippen LogP contribution in [0.25, 0.3) is 0 Å². The van der Waals surface area contributed by atoms with Gasteiger partial charge in [0.2, 0.25) is 0 Å². The normalized spacial score (nSPS) is 13.2. The molecule has 0 radical (unpaired) electrons. The largest absolute Gasteiger partial charge is 0.756 e. The molecule has 0 aromatic rings. The third-order valence-electron chi connectivity index (χ3n) is 17.7. The molecule has 0 saturated carbocycles. The number of ether oxygens (including phenoxy) is 2. The lowest BCUT2D eigenvalue weighted by molar-refractivity contribution is -0.870. The number of rotatable bonds is 73. The second-order valence-electron chi connectivity index (χ2n) is 27.7. The van der Waals surface area contributed by atoms with E-state index in [0.717, 1.165) is 51.4 Å². The van der Waals surface area contributed by atoms with Crippen molar-refractivity contribution in [2.24, 2.45) is 0 Å². The molecule has 2 unspecified atom stereocenters. The lowest BCUT2D eigenvalue weighted by Crippen LogP contribution is -2.37.